The standard InChI is InChI=1S/C15H21ClN2/c1-3-14(16)11-13(2,9-10-15(14,17)18)12-7-5-4-6-8-12/h4-10H,3,11,17-18H2,1-2H3. The van der Waals surface area contributed by atoms with Crippen LogP contribution in [0.3, 0.4) is 0 Å². The summed E-state index contributed by atoms with van der Waals surface area (Å²) in [5.41, 5.74) is 12.4. The highest BCUT2D eigenvalue weighted by Crippen LogP contribution is 2.46. The summed E-state index contributed by atoms with van der Waals surface area (Å²) in [6.07, 6.45) is 5.44. The SMILES string of the molecule is CCC1(Cl)CC(C)(c2ccccc2)C=CC1(N)N. The minimum Gasteiger partial charge on any atom is -0.309 e. The third-order valence-corrected chi connectivity index (χ3v) is 4.87. The predicted molar refractivity (Wildman–Crippen MR) is 77.5 cm³/mol. The summed E-state index contributed by atoms with van der Waals surface area (Å²) in [6.45, 7) is 4.22. The molecule has 2 atom stereocenters. The molecule has 2 nitrogen and oxygen atoms in total. The van der Waals surface area contributed by atoms with Gasteiger partial charge in [-0.1, -0.05) is 56.3 Å². The van der Waals surface area contributed by atoms with Crippen molar-refractivity contribution in [2.75, 3.05) is 0 Å². The number of nitrogens with two attached hydrogens (primary N) is 2. The molecular formula is C15H21ClN2. The number of halogens is 1. The van der Waals surface area contributed by atoms with Gasteiger partial charge in [0.1, 0.15) is 5.66 Å². The lowest BCUT2D eigenvalue weighted by atomic mass is 9.66. The summed E-state index contributed by atoms with van der Waals surface area (Å²) in [4.78, 5) is -0.605. The zero-order chi connectivity index (χ0) is 13.4. The Hall–Kier alpha value is -0.830. The lowest BCUT2D eigenvalue weighted by Crippen LogP contribution is -2.66. The third-order valence-electron chi connectivity index (χ3n) is 4.14. The molecule has 0 saturated heterocycles. The van der Waals surface area contributed by atoms with Crippen molar-refractivity contribution in [2.45, 2.75) is 42.6 Å². The summed E-state index contributed by atoms with van der Waals surface area (Å²) in [6, 6.07) is 10.4. The average molecular weight is 265 g/mol. The molecule has 0 saturated carbocycles. The van der Waals surface area contributed by atoms with E-state index in [9.17, 15) is 0 Å². The molecule has 0 radical (unpaired) electrons. The van der Waals surface area contributed by atoms with Crippen molar-refractivity contribution in [1.82, 2.24) is 0 Å². The van der Waals surface area contributed by atoms with Crippen LogP contribution in [0.25, 0.3) is 0 Å². The van der Waals surface area contributed by atoms with Gasteiger partial charge in [0, 0.05) is 5.41 Å². The Kier molecular flexibility index (Phi) is 3.30. The number of alkyl halides is 1. The normalized spacial score (nSPS) is 34.5. The van der Waals surface area contributed by atoms with Crippen LogP contribution in [0.5, 0.6) is 0 Å². The van der Waals surface area contributed by atoms with Crippen LogP contribution in [-0.4, -0.2) is 10.5 Å². The first-order valence-corrected chi connectivity index (χ1v) is 6.73. The van der Waals surface area contributed by atoms with Crippen molar-refractivity contribution in [3.63, 3.8) is 0 Å². The van der Waals surface area contributed by atoms with Crippen molar-refractivity contribution in [1.29, 1.82) is 0 Å². The fraction of sp³-hybridized carbons (Fsp3) is 0.467. The van der Waals surface area contributed by atoms with E-state index >= 15 is 0 Å². The van der Waals surface area contributed by atoms with E-state index in [2.05, 4.69) is 25.1 Å². The maximum atomic E-state index is 6.68. The second-order valence-corrected chi connectivity index (χ2v) is 6.27. The van der Waals surface area contributed by atoms with Crippen molar-refractivity contribution >= 4 is 11.6 Å². The summed E-state index contributed by atoms with van der Waals surface area (Å²) in [7, 11) is 0. The number of rotatable bonds is 2. The summed E-state index contributed by atoms with van der Waals surface area (Å²) >= 11 is 6.68. The molecule has 2 rings (SSSR count). The molecule has 0 spiro atoms. The van der Waals surface area contributed by atoms with Gasteiger partial charge in [-0.3, -0.25) is 0 Å². The quantitative estimate of drug-likeness (QED) is 0.490. The molecule has 1 aliphatic carbocycles. The fourth-order valence-corrected chi connectivity index (χ4v) is 3.05. The molecule has 0 aliphatic heterocycles. The second kappa shape index (κ2) is 4.37. The number of hydrogen-bond donors (Lipinski definition) is 2. The molecular weight excluding hydrogens is 244 g/mol. The van der Waals surface area contributed by atoms with Crippen molar-refractivity contribution < 1.29 is 0 Å². The van der Waals surface area contributed by atoms with Crippen molar-refractivity contribution in [3.05, 3.63) is 48.0 Å². The first-order valence-electron chi connectivity index (χ1n) is 6.36. The first-order chi connectivity index (χ1) is 8.33. The van der Waals surface area contributed by atoms with Gasteiger partial charge >= 0.3 is 0 Å². The van der Waals surface area contributed by atoms with E-state index in [0.29, 0.717) is 0 Å². The highest BCUT2D eigenvalue weighted by atomic mass is 35.5. The minimum absolute atomic E-state index is 0.110. The van der Waals surface area contributed by atoms with E-state index in [1.54, 1.807) is 0 Å². The maximum absolute atomic E-state index is 6.68. The smallest absolute Gasteiger partial charge is 0.103 e. The molecule has 1 aromatic rings. The number of hydrogen-bond acceptors (Lipinski definition) is 2. The zero-order valence-corrected chi connectivity index (χ0v) is 11.7. The number of allylic oxidation sites excluding steroid dienone is 1. The molecule has 1 aliphatic rings. The zero-order valence-electron chi connectivity index (χ0n) is 11.0. The van der Waals surface area contributed by atoms with Gasteiger partial charge in [-0.2, -0.15) is 0 Å². The first kappa shape index (κ1) is 13.6. The Morgan fingerprint density at radius 1 is 1.17 bits per heavy atom. The van der Waals surface area contributed by atoms with E-state index < -0.39 is 10.5 Å². The largest absolute Gasteiger partial charge is 0.309 e. The molecule has 3 heteroatoms. The Labute approximate surface area is 114 Å². The molecule has 0 bridgehead atoms. The summed E-state index contributed by atoms with van der Waals surface area (Å²) < 4.78 is 0. The lowest BCUT2D eigenvalue weighted by Gasteiger charge is -2.48. The van der Waals surface area contributed by atoms with E-state index in [1.165, 1.54) is 5.56 Å². The minimum atomic E-state index is -0.947. The lowest BCUT2D eigenvalue weighted by molar-refractivity contribution is 0.279. The topological polar surface area (TPSA) is 52.0 Å². The molecule has 2 unspecified atom stereocenters. The predicted octanol–water partition coefficient (Wildman–Crippen LogP) is 2.91. The summed E-state index contributed by atoms with van der Waals surface area (Å²) in [5.74, 6) is 0. The van der Waals surface area contributed by atoms with Gasteiger partial charge < -0.3 is 11.5 Å². The van der Waals surface area contributed by atoms with Gasteiger partial charge in [-0.05, 0) is 18.4 Å². The second-order valence-electron chi connectivity index (χ2n) is 5.55. The highest BCUT2D eigenvalue weighted by molar-refractivity contribution is 6.25. The molecule has 0 fully saturated rings. The molecule has 4 N–H and O–H groups in total. The van der Waals surface area contributed by atoms with Gasteiger partial charge in [-0.25, -0.2) is 0 Å². The van der Waals surface area contributed by atoms with Crippen molar-refractivity contribution in [2.24, 2.45) is 11.5 Å². The van der Waals surface area contributed by atoms with Crippen molar-refractivity contribution in [3.8, 4) is 0 Å². The molecule has 1 aromatic carbocycles. The van der Waals surface area contributed by atoms with Gasteiger partial charge in [0.05, 0.1) is 4.87 Å². The number of benzene rings is 1. The van der Waals surface area contributed by atoms with Crippen LogP contribution >= 0.6 is 11.6 Å². The highest BCUT2D eigenvalue weighted by Gasteiger charge is 2.49. The van der Waals surface area contributed by atoms with E-state index in [1.807, 2.05) is 31.2 Å². The fourth-order valence-electron chi connectivity index (χ4n) is 2.71. The molecule has 98 valence electrons. The monoisotopic (exact) mass is 264 g/mol. The van der Waals surface area contributed by atoms with Crippen LogP contribution < -0.4 is 11.5 Å². The van der Waals surface area contributed by atoms with Gasteiger partial charge in [0.15, 0.2) is 0 Å². The van der Waals surface area contributed by atoms with E-state index in [0.717, 1.165) is 12.8 Å². The molecule has 0 amide bonds. The Bertz CT molecular complexity index is 455. The summed E-state index contributed by atoms with van der Waals surface area (Å²) in [5, 5.41) is 0. The maximum Gasteiger partial charge on any atom is 0.103 e. The Balaban J connectivity index is 2.45. The van der Waals surface area contributed by atoms with Gasteiger partial charge in [0.2, 0.25) is 0 Å². The van der Waals surface area contributed by atoms with Crippen LogP contribution in [0.2, 0.25) is 0 Å². The van der Waals surface area contributed by atoms with Crippen LogP contribution in [0.4, 0.5) is 0 Å². The van der Waals surface area contributed by atoms with Gasteiger partial charge in [0.25, 0.3) is 0 Å². The molecule has 0 heterocycles. The van der Waals surface area contributed by atoms with E-state index in [-0.39, 0.29) is 5.41 Å². The Morgan fingerprint density at radius 3 is 2.33 bits per heavy atom. The van der Waals surface area contributed by atoms with Crippen LogP contribution in [0.1, 0.15) is 32.3 Å². The van der Waals surface area contributed by atoms with Crippen LogP contribution in [-0.2, 0) is 5.41 Å². The molecule has 18 heavy (non-hydrogen) atoms. The molecule has 0 aromatic heterocycles. The van der Waals surface area contributed by atoms with E-state index in [4.69, 9.17) is 23.1 Å². The Morgan fingerprint density at radius 2 is 1.78 bits per heavy atom. The van der Waals surface area contributed by atoms with Crippen LogP contribution in [0, 0.1) is 0 Å². The van der Waals surface area contributed by atoms with Gasteiger partial charge in [-0.15, -0.1) is 11.6 Å². The third kappa shape index (κ3) is 2.09. The average Bonchev–Trinajstić information content (AvgIpc) is 2.36. The van der Waals surface area contributed by atoms with Crippen LogP contribution in [0.15, 0.2) is 42.5 Å².